The maximum absolute atomic E-state index is 13.5. The van der Waals surface area contributed by atoms with Crippen LogP contribution in [0.1, 0.15) is 31.4 Å². The Morgan fingerprint density at radius 3 is 2.94 bits per heavy atom. The van der Waals surface area contributed by atoms with Crippen molar-refractivity contribution in [2.45, 2.75) is 25.8 Å². The molecule has 1 N–H and O–H groups in total. The lowest BCUT2D eigenvalue weighted by Crippen LogP contribution is -2.24. The standard InChI is InChI=1S/C14H17ClFNO/c1-2-7-17-14(13-4-3-8-18-13)10-5-6-11(15)12(16)9-10/h4-6,9,14,17H,2-3,7-8H2,1H3. The van der Waals surface area contributed by atoms with Gasteiger partial charge in [0.2, 0.25) is 0 Å². The van der Waals surface area contributed by atoms with Gasteiger partial charge in [-0.2, -0.15) is 0 Å². The summed E-state index contributed by atoms with van der Waals surface area (Å²) >= 11 is 5.71. The van der Waals surface area contributed by atoms with Gasteiger partial charge in [0.15, 0.2) is 0 Å². The molecule has 0 fully saturated rings. The largest absolute Gasteiger partial charge is 0.496 e. The van der Waals surface area contributed by atoms with Crippen LogP contribution in [0.2, 0.25) is 5.02 Å². The van der Waals surface area contributed by atoms with Crippen LogP contribution in [0, 0.1) is 5.82 Å². The zero-order chi connectivity index (χ0) is 13.0. The molecule has 0 amide bonds. The van der Waals surface area contributed by atoms with Crippen LogP contribution in [0.3, 0.4) is 0 Å². The maximum Gasteiger partial charge on any atom is 0.142 e. The lowest BCUT2D eigenvalue weighted by Gasteiger charge is -2.20. The Kier molecular flexibility index (Phi) is 4.61. The average molecular weight is 270 g/mol. The van der Waals surface area contributed by atoms with Gasteiger partial charge in [0.1, 0.15) is 11.6 Å². The van der Waals surface area contributed by atoms with Gasteiger partial charge in [0, 0.05) is 6.42 Å². The number of benzene rings is 1. The van der Waals surface area contributed by atoms with Crippen molar-refractivity contribution >= 4 is 11.6 Å². The molecule has 98 valence electrons. The van der Waals surface area contributed by atoms with Gasteiger partial charge in [-0.05, 0) is 36.7 Å². The summed E-state index contributed by atoms with van der Waals surface area (Å²) in [5.41, 5.74) is 0.846. The van der Waals surface area contributed by atoms with Crippen LogP contribution in [0.4, 0.5) is 4.39 Å². The van der Waals surface area contributed by atoms with Crippen molar-refractivity contribution < 1.29 is 9.13 Å². The topological polar surface area (TPSA) is 21.3 Å². The smallest absolute Gasteiger partial charge is 0.142 e. The monoisotopic (exact) mass is 269 g/mol. The Labute approximate surface area is 112 Å². The average Bonchev–Trinajstić information content (AvgIpc) is 2.88. The highest BCUT2D eigenvalue weighted by Crippen LogP contribution is 2.28. The summed E-state index contributed by atoms with van der Waals surface area (Å²) < 4.78 is 19.1. The molecule has 0 spiro atoms. The van der Waals surface area contributed by atoms with Crippen molar-refractivity contribution in [2.75, 3.05) is 13.2 Å². The van der Waals surface area contributed by atoms with E-state index in [2.05, 4.69) is 18.3 Å². The van der Waals surface area contributed by atoms with Crippen LogP contribution < -0.4 is 5.32 Å². The Balaban J connectivity index is 2.23. The van der Waals surface area contributed by atoms with Gasteiger partial charge < -0.3 is 10.1 Å². The van der Waals surface area contributed by atoms with E-state index in [1.165, 1.54) is 6.07 Å². The molecular formula is C14H17ClFNO. The lowest BCUT2D eigenvalue weighted by atomic mass is 10.0. The first-order valence-corrected chi connectivity index (χ1v) is 6.61. The van der Waals surface area contributed by atoms with Crippen LogP contribution in [0.5, 0.6) is 0 Å². The minimum absolute atomic E-state index is 0.0841. The van der Waals surface area contributed by atoms with Crippen LogP contribution in [-0.2, 0) is 4.74 Å². The second-order valence-electron chi connectivity index (χ2n) is 4.30. The summed E-state index contributed by atoms with van der Waals surface area (Å²) in [7, 11) is 0. The fourth-order valence-electron chi connectivity index (χ4n) is 2.00. The molecule has 1 aliphatic heterocycles. The predicted octanol–water partition coefficient (Wildman–Crippen LogP) is 3.82. The van der Waals surface area contributed by atoms with Gasteiger partial charge in [0.25, 0.3) is 0 Å². The molecule has 4 heteroatoms. The first kappa shape index (κ1) is 13.4. The van der Waals surface area contributed by atoms with Gasteiger partial charge in [0.05, 0.1) is 17.7 Å². The van der Waals surface area contributed by atoms with Crippen LogP contribution in [0.25, 0.3) is 0 Å². The van der Waals surface area contributed by atoms with E-state index in [0.717, 1.165) is 30.7 Å². The Hall–Kier alpha value is -1.06. The van der Waals surface area contributed by atoms with E-state index < -0.39 is 5.82 Å². The van der Waals surface area contributed by atoms with E-state index in [9.17, 15) is 4.39 Å². The molecule has 2 nitrogen and oxygen atoms in total. The second-order valence-corrected chi connectivity index (χ2v) is 4.71. The van der Waals surface area contributed by atoms with Crippen molar-refractivity contribution in [1.82, 2.24) is 5.32 Å². The molecule has 1 heterocycles. The molecule has 1 unspecified atom stereocenters. The van der Waals surface area contributed by atoms with Crippen molar-refractivity contribution in [3.8, 4) is 0 Å². The van der Waals surface area contributed by atoms with Crippen molar-refractivity contribution in [3.63, 3.8) is 0 Å². The summed E-state index contributed by atoms with van der Waals surface area (Å²) in [4.78, 5) is 0. The molecule has 1 aliphatic rings. The normalized spacial score (nSPS) is 16.3. The van der Waals surface area contributed by atoms with E-state index >= 15 is 0 Å². The molecule has 2 rings (SSSR count). The molecule has 1 aromatic rings. The number of ether oxygens (including phenoxy) is 1. The van der Waals surface area contributed by atoms with Crippen LogP contribution in [0.15, 0.2) is 30.0 Å². The number of hydrogen-bond donors (Lipinski definition) is 1. The van der Waals surface area contributed by atoms with Crippen molar-refractivity contribution in [1.29, 1.82) is 0 Å². The highest BCUT2D eigenvalue weighted by molar-refractivity contribution is 6.30. The van der Waals surface area contributed by atoms with Crippen molar-refractivity contribution in [3.05, 3.63) is 46.4 Å². The molecule has 0 aromatic heterocycles. The first-order chi connectivity index (χ1) is 8.72. The van der Waals surface area contributed by atoms with Crippen LogP contribution in [-0.4, -0.2) is 13.2 Å². The fourth-order valence-corrected chi connectivity index (χ4v) is 2.12. The van der Waals surface area contributed by atoms with Gasteiger partial charge in [-0.3, -0.25) is 0 Å². The highest BCUT2D eigenvalue weighted by Gasteiger charge is 2.21. The molecule has 1 atom stereocenters. The van der Waals surface area contributed by atoms with Gasteiger partial charge in [-0.25, -0.2) is 4.39 Å². The first-order valence-electron chi connectivity index (χ1n) is 6.23. The number of hydrogen-bond acceptors (Lipinski definition) is 2. The zero-order valence-corrected chi connectivity index (χ0v) is 11.1. The maximum atomic E-state index is 13.5. The summed E-state index contributed by atoms with van der Waals surface area (Å²) in [5, 5.41) is 3.52. The Bertz CT molecular complexity index is 447. The third-order valence-electron chi connectivity index (χ3n) is 2.89. The number of halogens is 2. The summed E-state index contributed by atoms with van der Waals surface area (Å²) in [5.74, 6) is 0.487. The SMILES string of the molecule is CCCNC(C1=CCCO1)c1ccc(Cl)c(F)c1. The highest BCUT2D eigenvalue weighted by atomic mass is 35.5. The quantitative estimate of drug-likeness (QED) is 0.877. The molecule has 0 aliphatic carbocycles. The summed E-state index contributed by atoms with van der Waals surface area (Å²) in [6.07, 6.45) is 3.98. The fraction of sp³-hybridized carbons (Fsp3) is 0.429. The lowest BCUT2D eigenvalue weighted by molar-refractivity contribution is 0.215. The van der Waals surface area contributed by atoms with Gasteiger partial charge >= 0.3 is 0 Å². The molecule has 0 radical (unpaired) electrons. The van der Waals surface area contributed by atoms with Crippen LogP contribution >= 0.6 is 11.6 Å². The molecular weight excluding hydrogens is 253 g/mol. The summed E-state index contributed by atoms with van der Waals surface area (Å²) in [6, 6.07) is 4.81. The number of rotatable bonds is 5. The minimum atomic E-state index is -0.393. The predicted molar refractivity (Wildman–Crippen MR) is 71.1 cm³/mol. The molecule has 18 heavy (non-hydrogen) atoms. The Morgan fingerprint density at radius 2 is 2.33 bits per heavy atom. The molecule has 1 aromatic carbocycles. The summed E-state index contributed by atoms with van der Waals surface area (Å²) in [6.45, 7) is 3.65. The number of nitrogens with one attached hydrogen (secondary N) is 1. The van der Waals surface area contributed by atoms with E-state index in [4.69, 9.17) is 16.3 Å². The third kappa shape index (κ3) is 3.03. The zero-order valence-electron chi connectivity index (χ0n) is 10.4. The van der Waals surface area contributed by atoms with E-state index in [0.29, 0.717) is 6.61 Å². The molecule has 0 bridgehead atoms. The van der Waals surface area contributed by atoms with E-state index in [-0.39, 0.29) is 11.1 Å². The van der Waals surface area contributed by atoms with E-state index in [1.54, 1.807) is 6.07 Å². The Morgan fingerprint density at radius 1 is 1.50 bits per heavy atom. The molecule has 0 saturated carbocycles. The second kappa shape index (κ2) is 6.21. The van der Waals surface area contributed by atoms with E-state index in [1.807, 2.05) is 6.07 Å². The molecule has 0 saturated heterocycles. The third-order valence-corrected chi connectivity index (χ3v) is 3.20. The van der Waals surface area contributed by atoms with Crippen molar-refractivity contribution in [2.24, 2.45) is 0 Å². The van der Waals surface area contributed by atoms with Gasteiger partial charge in [-0.15, -0.1) is 0 Å². The minimum Gasteiger partial charge on any atom is -0.496 e. The van der Waals surface area contributed by atoms with Gasteiger partial charge in [-0.1, -0.05) is 24.6 Å².